The molecule has 0 saturated carbocycles. The van der Waals surface area contributed by atoms with E-state index in [0.717, 1.165) is 17.7 Å². The lowest BCUT2D eigenvalue weighted by Crippen LogP contribution is -2.49. The van der Waals surface area contributed by atoms with Crippen molar-refractivity contribution in [1.29, 1.82) is 0 Å². The van der Waals surface area contributed by atoms with Crippen LogP contribution in [0.15, 0.2) is 24.3 Å². The van der Waals surface area contributed by atoms with Crippen LogP contribution >= 0.6 is 0 Å². The molecular weight excluding hydrogens is 226 g/mol. The van der Waals surface area contributed by atoms with Gasteiger partial charge in [0.15, 0.2) is 0 Å². The second-order valence-corrected chi connectivity index (χ2v) is 5.69. The van der Waals surface area contributed by atoms with E-state index in [4.69, 9.17) is 10.5 Å². The van der Waals surface area contributed by atoms with E-state index in [1.165, 1.54) is 0 Å². The SMILES string of the molecule is CCc1ccccc1OC(CO)C(N)C(C)(C)C. The van der Waals surface area contributed by atoms with Crippen LogP contribution in [-0.2, 0) is 6.42 Å². The summed E-state index contributed by atoms with van der Waals surface area (Å²) < 4.78 is 5.90. The number of hydrogen-bond acceptors (Lipinski definition) is 3. The zero-order chi connectivity index (χ0) is 13.8. The molecule has 0 fully saturated rings. The molecule has 3 N–H and O–H groups in total. The molecule has 1 aromatic carbocycles. The van der Waals surface area contributed by atoms with Crippen molar-refractivity contribution < 1.29 is 9.84 Å². The maximum atomic E-state index is 9.48. The van der Waals surface area contributed by atoms with Gasteiger partial charge in [-0.1, -0.05) is 45.9 Å². The molecule has 0 spiro atoms. The summed E-state index contributed by atoms with van der Waals surface area (Å²) in [7, 11) is 0. The Kier molecular flexibility index (Phi) is 5.17. The molecule has 3 nitrogen and oxygen atoms in total. The standard InChI is InChI=1S/C15H25NO2/c1-5-11-8-6-7-9-12(11)18-13(10-17)14(16)15(2,3)4/h6-9,13-14,17H,5,10,16H2,1-4H3. The number of aryl methyl sites for hydroxylation is 1. The largest absolute Gasteiger partial charge is 0.486 e. The lowest BCUT2D eigenvalue weighted by atomic mass is 9.84. The smallest absolute Gasteiger partial charge is 0.137 e. The third-order valence-corrected chi connectivity index (χ3v) is 3.21. The van der Waals surface area contributed by atoms with Crippen molar-refractivity contribution in [1.82, 2.24) is 0 Å². The Morgan fingerprint density at radius 1 is 1.28 bits per heavy atom. The lowest BCUT2D eigenvalue weighted by molar-refractivity contribution is 0.0585. The van der Waals surface area contributed by atoms with Gasteiger partial charge >= 0.3 is 0 Å². The van der Waals surface area contributed by atoms with Crippen molar-refractivity contribution in [3.8, 4) is 5.75 Å². The van der Waals surface area contributed by atoms with E-state index in [9.17, 15) is 5.11 Å². The van der Waals surface area contributed by atoms with E-state index < -0.39 is 0 Å². The Labute approximate surface area is 110 Å². The maximum Gasteiger partial charge on any atom is 0.137 e. The first kappa shape index (κ1) is 15.0. The van der Waals surface area contributed by atoms with Crippen LogP contribution < -0.4 is 10.5 Å². The zero-order valence-electron chi connectivity index (χ0n) is 11.8. The van der Waals surface area contributed by atoms with Crippen LogP contribution in [0.25, 0.3) is 0 Å². The first-order valence-corrected chi connectivity index (χ1v) is 6.51. The molecule has 102 valence electrons. The van der Waals surface area contributed by atoms with Gasteiger partial charge in [0, 0.05) is 6.04 Å². The van der Waals surface area contributed by atoms with Gasteiger partial charge in [-0.25, -0.2) is 0 Å². The van der Waals surface area contributed by atoms with Gasteiger partial charge < -0.3 is 15.6 Å². The fraction of sp³-hybridized carbons (Fsp3) is 0.600. The fourth-order valence-corrected chi connectivity index (χ4v) is 1.86. The Balaban J connectivity index is 2.86. The van der Waals surface area contributed by atoms with Crippen LogP contribution in [0.2, 0.25) is 0 Å². The van der Waals surface area contributed by atoms with Crippen molar-refractivity contribution in [2.45, 2.75) is 46.3 Å². The molecule has 0 bridgehead atoms. The number of aliphatic hydroxyl groups is 1. The van der Waals surface area contributed by atoms with Crippen molar-refractivity contribution in [3.05, 3.63) is 29.8 Å². The number of hydrogen-bond donors (Lipinski definition) is 2. The van der Waals surface area contributed by atoms with Crippen LogP contribution in [0, 0.1) is 5.41 Å². The number of nitrogens with two attached hydrogens (primary N) is 1. The molecule has 0 aromatic heterocycles. The predicted molar refractivity (Wildman–Crippen MR) is 74.8 cm³/mol. The Bertz CT molecular complexity index is 371. The summed E-state index contributed by atoms with van der Waals surface area (Å²) in [5.41, 5.74) is 7.19. The molecule has 0 saturated heterocycles. The summed E-state index contributed by atoms with van der Waals surface area (Å²) >= 11 is 0. The molecule has 1 aromatic rings. The first-order chi connectivity index (χ1) is 8.40. The maximum absolute atomic E-state index is 9.48. The molecule has 3 heteroatoms. The number of rotatable bonds is 5. The van der Waals surface area contributed by atoms with Gasteiger partial charge in [0.25, 0.3) is 0 Å². The van der Waals surface area contributed by atoms with Gasteiger partial charge in [-0.2, -0.15) is 0 Å². The molecule has 18 heavy (non-hydrogen) atoms. The summed E-state index contributed by atoms with van der Waals surface area (Å²) in [5, 5.41) is 9.48. The van der Waals surface area contributed by atoms with Crippen molar-refractivity contribution in [2.24, 2.45) is 11.1 Å². The van der Waals surface area contributed by atoms with E-state index in [2.05, 4.69) is 27.7 Å². The van der Waals surface area contributed by atoms with Crippen molar-refractivity contribution >= 4 is 0 Å². The number of para-hydroxylation sites is 1. The molecular formula is C15H25NO2. The van der Waals surface area contributed by atoms with E-state index in [0.29, 0.717) is 0 Å². The van der Waals surface area contributed by atoms with E-state index in [-0.39, 0.29) is 24.2 Å². The summed E-state index contributed by atoms with van der Waals surface area (Å²) in [6, 6.07) is 7.67. The third kappa shape index (κ3) is 3.72. The van der Waals surface area contributed by atoms with Crippen LogP contribution in [0.5, 0.6) is 5.75 Å². The highest BCUT2D eigenvalue weighted by atomic mass is 16.5. The Morgan fingerprint density at radius 2 is 1.89 bits per heavy atom. The summed E-state index contributed by atoms with van der Waals surface area (Å²) in [6.45, 7) is 8.16. The van der Waals surface area contributed by atoms with Crippen LogP contribution in [-0.4, -0.2) is 23.9 Å². The Hall–Kier alpha value is -1.06. The summed E-state index contributed by atoms with van der Waals surface area (Å²) in [6.07, 6.45) is 0.525. The molecule has 2 unspecified atom stereocenters. The highest BCUT2D eigenvalue weighted by molar-refractivity contribution is 5.33. The number of benzene rings is 1. The van der Waals surface area contributed by atoms with Gasteiger partial charge in [-0.3, -0.25) is 0 Å². The summed E-state index contributed by atoms with van der Waals surface area (Å²) in [5.74, 6) is 0.818. The average molecular weight is 251 g/mol. The van der Waals surface area contributed by atoms with Crippen LogP contribution in [0.1, 0.15) is 33.3 Å². The Morgan fingerprint density at radius 3 is 2.39 bits per heavy atom. The zero-order valence-corrected chi connectivity index (χ0v) is 11.8. The van der Waals surface area contributed by atoms with E-state index in [1.54, 1.807) is 0 Å². The number of ether oxygens (including phenoxy) is 1. The van der Waals surface area contributed by atoms with E-state index in [1.807, 2.05) is 24.3 Å². The van der Waals surface area contributed by atoms with Gasteiger partial charge in [0.2, 0.25) is 0 Å². The molecule has 1 rings (SSSR count). The molecule has 0 radical (unpaired) electrons. The molecule has 0 amide bonds. The quantitative estimate of drug-likeness (QED) is 0.844. The molecule has 0 heterocycles. The minimum absolute atomic E-state index is 0.0729. The second-order valence-electron chi connectivity index (χ2n) is 5.69. The topological polar surface area (TPSA) is 55.5 Å². The summed E-state index contributed by atoms with van der Waals surface area (Å²) in [4.78, 5) is 0. The van der Waals surface area contributed by atoms with Gasteiger partial charge in [0.05, 0.1) is 6.61 Å². The predicted octanol–water partition coefficient (Wildman–Crippen LogP) is 2.36. The normalized spacial score (nSPS) is 15.2. The molecule has 0 aliphatic heterocycles. The van der Waals surface area contributed by atoms with E-state index >= 15 is 0 Å². The molecule has 2 atom stereocenters. The fourth-order valence-electron chi connectivity index (χ4n) is 1.86. The van der Waals surface area contributed by atoms with Crippen LogP contribution in [0.3, 0.4) is 0 Å². The third-order valence-electron chi connectivity index (χ3n) is 3.21. The second kappa shape index (κ2) is 6.21. The first-order valence-electron chi connectivity index (χ1n) is 6.51. The van der Waals surface area contributed by atoms with Crippen molar-refractivity contribution in [2.75, 3.05) is 6.61 Å². The minimum atomic E-state index is -0.377. The van der Waals surface area contributed by atoms with Crippen molar-refractivity contribution in [3.63, 3.8) is 0 Å². The lowest BCUT2D eigenvalue weighted by Gasteiger charge is -2.33. The average Bonchev–Trinajstić information content (AvgIpc) is 2.34. The minimum Gasteiger partial charge on any atom is -0.486 e. The molecule has 0 aliphatic carbocycles. The van der Waals surface area contributed by atoms with Crippen LogP contribution in [0.4, 0.5) is 0 Å². The molecule has 0 aliphatic rings. The highest BCUT2D eigenvalue weighted by Gasteiger charge is 2.30. The highest BCUT2D eigenvalue weighted by Crippen LogP contribution is 2.25. The monoisotopic (exact) mass is 251 g/mol. The number of aliphatic hydroxyl groups excluding tert-OH is 1. The van der Waals surface area contributed by atoms with Gasteiger partial charge in [-0.15, -0.1) is 0 Å². The van der Waals surface area contributed by atoms with Gasteiger partial charge in [0.1, 0.15) is 11.9 Å². The van der Waals surface area contributed by atoms with Gasteiger partial charge in [-0.05, 0) is 23.5 Å².